The minimum Gasteiger partial charge on any atom is -0.451 e. The van der Waals surface area contributed by atoms with E-state index in [0.717, 1.165) is 5.39 Å². The molecule has 1 N–H and O–H groups in total. The summed E-state index contributed by atoms with van der Waals surface area (Å²) in [5, 5.41) is 4.08. The van der Waals surface area contributed by atoms with E-state index in [-0.39, 0.29) is 29.2 Å². The predicted molar refractivity (Wildman–Crippen MR) is 80.5 cm³/mol. The molecule has 1 aliphatic heterocycles. The molecule has 2 aromatic rings. The molecule has 7 heteroatoms. The Balaban J connectivity index is 1.87. The zero-order chi connectivity index (χ0) is 15.2. The van der Waals surface area contributed by atoms with Crippen molar-refractivity contribution in [1.82, 2.24) is 5.32 Å². The number of hydrogen-bond acceptors (Lipinski definition) is 4. The van der Waals surface area contributed by atoms with E-state index in [4.69, 9.17) is 16.0 Å². The van der Waals surface area contributed by atoms with Crippen LogP contribution in [0.15, 0.2) is 22.6 Å². The van der Waals surface area contributed by atoms with Crippen molar-refractivity contribution in [2.45, 2.75) is 19.4 Å². The second-order valence-electron chi connectivity index (χ2n) is 5.27. The van der Waals surface area contributed by atoms with E-state index < -0.39 is 9.84 Å². The summed E-state index contributed by atoms with van der Waals surface area (Å²) in [6, 6.07) is 4.80. The summed E-state index contributed by atoms with van der Waals surface area (Å²) in [7, 11) is -3.03. The van der Waals surface area contributed by atoms with Crippen molar-refractivity contribution in [1.29, 1.82) is 0 Å². The molecule has 0 saturated carbocycles. The third kappa shape index (κ3) is 2.78. The lowest BCUT2D eigenvalue weighted by Gasteiger charge is -2.09. The Kier molecular flexibility index (Phi) is 3.45. The van der Waals surface area contributed by atoms with Gasteiger partial charge in [-0.05, 0) is 31.5 Å². The Morgan fingerprint density at radius 3 is 2.86 bits per heavy atom. The molecule has 1 fully saturated rings. The first-order chi connectivity index (χ1) is 9.85. The van der Waals surface area contributed by atoms with E-state index in [2.05, 4.69) is 5.32 Å². The van der Waals surface area contributed by atoms with Crippen molar-refractivity contribution >= 4 is 38.3 Å². The highest BCUT2D eigenvalue weighted by atomic mass is 35.5. The van der Waals surface area contributed by atoms with Crippen LogP contribution in [-0.2, 0) is 9.84 Å². The topological polar surface area (TPSA) is 76.4 Å². The number of aryl methyl sites for hydroxylation is 1. The second-order valence-corrected chi connectivity index (χ2v) is 7.94. The van der Waals surface area contributed by atoms with E-state index in [1.165, 1.54) is 0 Å². The van der Waals surface area contributed by atoms with Gasteiger partial charge in [-0.3, -0.25) is 4.79 Å². The lowest BCUT2D eigenvalue weighted by molar-refractivity contribution is 0.0914. The van der Waals surface area contributed by atoms with E-state index in [1.807, 2.05) is 0 Å². The van der Waals surface area contributed by atoms with Crippen LogP contribution in [0.1, 0.15) is 22.5 Å². The highest BCUT2D eigenvalue weighted by Crippen LogP contribution is 2.28. The van der Waals surface area contributed by atoms with Crippen LogP contribution in [0, 0.1) is 6.92 Å². The highest BCUT2D eigenvalue weighted by molar-refractivity contribution is 7.91. The fourth-order valence-electron chi connectivity index (χ4n) is 2.57. The maximum atomic E-state index is 12.3. The molecule has 1 amide bonds. The Morgan fingerprint density at radius 2 is 2.19 bits per heavy atom. The molecule has 1 saturated heterocycles. The van der Waals surface area contributed by atoms with Crippen molar-refractivity contribution in [2.75, 3.05) is 11.5 Å². The molecule has 0 radical (unpaired) electrons. The van der Waals surface area contributed by atoms with Gasteiger partial charge in [-0.25, -0.2) is 8.42 Å². The molecule has 0 aliphatic carbocycles. The summed E-state index contributed by atoms with van der Waals surface area (Å²) < 4.78 is 28.4. The molecule has 5 nitrogen and oxygen atoms in total. The molecule has 21 heavy (non-hydrogen) atoms. The van der Waals surface area contributed by atoms with Gasteiger partial charge in [0.1, 0.15) is 5.58 Å². The summed E-state index contributed by atoms with van der Waals surface area (Å²) in [6.45, 7) is 1.78. The minimum atomic E-state index is -3.03. The average Bonchev–Trinajstić information content (AvgIpc) is 2.90. The molecule has 1 aromatic heterocycles. The third-order valence-electron chi connectivity index (χ3n) is 3.67. The first-order valence-corrected chi connectivity index (χ1v) is 8.75. The van der Waals surface area contributed by atoms with Crippen LogP contribution < -0.4 is 5.32 Å². The quantitative estimate of drug-likeness (QED) is 0.918. The molecule has 0 spiro atoms. The Bertz CT molecular complexity index is 825. The van der Waals surface area contributed by atoms with Crippen molar-refractivity contribution < 1.29 is 17.6 Å². The summed E-state index contributed by atoms with van der Waals surface area (Å²) in [4.78, 5) is 12.3. The van der Waals surface area contributed by atoms with E-state index >= 15 is 0 Å². The number of furan rings is 1. The predicted octanol–water partition coefficient (Wildman–Crippen LogP) is 2.31. The molecular formula is C14H14ClNO4S. The Hall–Kier alpha value is -1.53. The molecule has 3 rings (SSSR count). The lowest BCUT2D eigenvalue weighted by Crippen LogP contribution is -2.35. The lowest BCUT2D eigenvalue weighted by atomic mass is 10.1. The molecule has 112 valence electrons. The molecule has 0 bridgehead atoms. The Labute approximate surface area is 127 Å². The number of fused-ring (bicyclic) bond motifs is 1. The van der Waals surface area contributed by atoms with Gasteiger partial charge in [0.15, 0.2) is 15.6 Å². The zero-order valence-electron chi connectivity index (χ0n) is 11.3. The minimum absolute atomic E-state index is 0.0101. The number of hydrogen-bond donors (Lipinski definition) is 1. The van der Waals surface area contributed by atoms with E-state index in [1.54, 1.807) is 25.1 Å². The van der Waals surface area contributed by atoms with Crippen molar-refractivity contribution in [3.05, 3.63) is 34.5 Å². The Morgan fingerprint density at radius 1 is 1.43 bits per heavy atom. The number of carbonyl (C=O) groups excluding carboxylic acids is 1. The maximum absolute atomic E-state index is 12.3. The molecule has 1 aromatic carbocycles. The summed E-state index contributed by atoms with van der Waals surface area (Å²) in [6.07, 6.45) is 0.444. The molecule has 2 heterocycles. The molecular weight excluding hydrogens is 314 g/mol. The number of amides is 1. The van der Waals surface area contributed by atoms with Gasteiger partial charge in [0.25, 0.3) is 5.91 Å². The molecule has 0 unspecified atom stereocenters. The second kappa shape index (κ2) is 5.03. The fourth-order valence-corrected chi connectivity index (χ4v) is 4.41. The van der Waals surface area contributed by atoms with Crippen molar-refractivity contribution in [2.24, 2.45) is 0 Å². The van der Waals surface area contributed by atoms with Crippen LogP contribution in [-0.4, -0.2) is 31.9 Å². The van der Waals surface area contributed by atoms with Gasteiger partial charge in [-0.2, -0.15) is 0 Å². The number of carbonyl (C=O) groups is 1. The SMILES string of the molecule is Cc1c(C(=O)N[C@@H]2CCS(=O)(=O)C2)oc2ccc(Cl)cc12. The van der Waals surface area contributed by atoms with E-state index in [9.17, 15) is 13.2 Å². The monoisotopic (exact) mass is 327 g/mol. The first-order valence-electron chi connectivity index (χ1n) is 6.56. The molecule has 1 atom stereocenters. The van der Waals surface area contributed by atoms with Gasteiger partial charge in [0.05, 0.1) is 11.5 Å². The van der Waals surface area contributed by atoms with Crippen LogP contribution in [0.5, 0.6) is 0 Å². The van der Waals surface area contributed by atoms with Gasteiger partial charge >= 0.3 is 0 Å². The van der Waals surface area contributed by atoms with Crippen LogP contribution in [0.25, 0.3) is 11.0 Å². The largest absolute Gasteiger partial charge is 0.451 e. The first kappa shape index (κ1) is 14.4. The summed E-state index contributed by atoms with van der Waals surface area (Å²) >= 11 is 5.94. The van der Waals surface area contributed by atoms with Gasteiger partial charge < -0.3 is 9.73 Å². The van der Waals surface area contributed by atoms with Gasteiger partial charge in [0.2, 0.25) is 0 Å². The number of benzene rings is 1. The third-order valence-corrected chi connectivity index (χ3v) is 5.68. The molecule has 1 aliphatic rings. The fraction of sp³-hybridized carbons (Fsp3) is 0.357. The number of nitrogens with one attached hydrogen (secondary N) is 1. The van der Waals surface area contributed by atoms with Crippen molar-refractivity contribution in [3.8, 4) is 0 Å². The summed E-state index contributed by atoms with van der Waals surface area (Å²) in [5.41, 5.74) is 1.28. The zero-order valence-corrected chi connectivity index (χ0v) is 12.9. The van der Waals surface area contributed by atoms with Crippen LogP contribution >= 0.6 is 11.6 Å². The number of sulfone groups is 1. The number of halogens is 1. The van der Waals surface area contributed by atoms with Gasteiger partial charge in [0, 0.05) is 22.0 Å². The van der Waals surface area contributed by atoms with E-state index in [0.29, 0.717) is 22.6 Å². The summed E-state index contributed by atoms with van der Waals surface area (Å²) in [5.74, 6) is -0.0743. The maximum Gasteiger partial charge on any atom is 0.287 e. The number of rotatable bonds is 2. The highest BCUT2D eigenvalue weighted by Gasteiger charge is 2.30. The van der Waals surface area contributed by atoms with Crippen LogP contribution in [0.4, 0.5) is 0 Å². The normalized spacial score (nSPS) is 20.8. The van der Waals surface area contributed by atoms with Crippen LogP contribution in [0.2, 0.25) is 5.02 Å². The van der Waals surface area contributed by atoms with Gasteiger partial charge in [-0.15, -0.1) is 0 Å². The smallest absolute Gasteiger partial charge is 0.287 e. The average molecular weight is 328 g/mol. The standard InChI is InChI=1S/C14H14ClNO4S/c1-8-11-6-9(15)2-3-12(11)20-13(8)14(17)16-10-4-5-21(18,19)7-10/h2-3,6,10H,4-5,7H2,1H3,(H,16,17)/t10-/m1/s1. The van der Waals surface area contributed by atoms with Crippen LogP contribution in [0.3, 0.4) is 0 Å². The van der Waals surface area contributed by atoms with Crippen molar-refractivity contribution in [3.63, 3.8) is 0 Å². The van der Waals surface area contributed by atoms with Gasteiger partial charge in [-0.1, -0.05) is 11.6 Å².